The van der Waals surface area contributed by atoms with Crippen LogP contribution in [0.4, 0.5) is 0 Å². The zero-order chi connectivity index (χ0) is 15.1. The Bertz CT molecular complexity index is 389. The van der Waals surface area contributed by atoms with Gasteiger partial charge in [-0.1, -0.05) is 13.8 Å². The van der Waals surface area contributed by atoms with Crippen molar-refractivity contribution in [1.29, 1.82) is 0 Å². The molecule has 1 rings (SSSR count). The molecule has 0 saturated carbocycles. The van der Waals surface area contributed by atoms with Crippen LogP contribution in [-0.2, 0) is 0 Å². The molecule has 2 heteroatoms. The van der Waals surface area contributed by atoms with E-state index >= 15 is 0 Å². The molecule has 2 atom stereocenters. The van der Waals surface area contributed by atoms with Gasteiger partial charge in [-0.15, -0.1) is 0 Å². The van der Waals surface area contributed by atoms with Crippen LogP contribution in [0, 0.1) is 13.8 Å². The van der Waals surface area contributed by atoms with Gasteiger partial charge in [-0.2, -0.15) is 0 Å². The molecule has 1 aromatic carbocycles. The third-order valence-electron chi connectivity index (χ3n) is 3.91. The van der Waals surface area contributed by atoms with Crippen LogP contribution in [0.2, 0.25) is 0 Å². The van der Waals surface area contributed by atoms with Crippen molar-refractivity contribution in [3.8, 4) is 5.75 Å². The number of hydrogen-bond donors (Lipinski definition) is 1. The molecule has 0 heterocycles. The van der Waals surface area contributed by atoms with Crippen LogP contribution in [-0.4, -0.2) is 12.6 Å². The monoisotopic (exact) mass is 277 g/mol. The first-order chi connectivity index (χ1) is 9.49. The van der Waals surface area contributed by atoms with Crippen LogP contribution in [0.15, 0.2) is 12.1 Å². The van der Waals surface area contributed by atoms with Crippen molar-refractivity contribution in [1.82, 2.24) is 0 Å². The van der Waals surface area contributed by atoms with Crippen molar-refractivity contribution in [3.05, 3.63) is 28.8 Å². The highest BCUT2D eigenvalue weighted by Gasteiger charge is 2.16. The maximum atomic E-state index is 5.91. The molecule has 0 bridgehead atoms. The van der Waals surface area contributed by atoms with Crippen LogP contribution in [0.25, 0.3) is 0 Å². The molecular weight excluding hydrogens is 246 g/mol. The summed E-state index contributed by atoms with van der Waals surface area (Å²) >= 11 is 0. The summed E-state index contributed by atoms with van der Waals surface area (Å²) in [4.78, 5) is 0. The van der Waals surface area contributed by atoms with Gasteiger partial charge in [-0.05, 0) is 81.2 Å². The number of ether oxygens (including phenoxy) is 1. The van der Waals surface area contributed by atoms with E-state index in [-0.39, 0.29) is 6.04 Å². The minimum Gasteiger partial charge on any atom is -0.494 e. The number of nitrogens with two attached hydrogens (primary N) is 1. The molecular formula is C18H31NO. The van der Waals surface area contributed by atoms with E-state index in [1.807, 2.05) is 0 Å². The first-order valence-corrected chi connectivity index (χ1v) is 7.99. The quantitative estimate of drug-likeness (QED) is 0.746. The summed E-state index contributed by atoms with van der Waals surface area (Å²) in [5.41, 5.74) is 10.1. The van der Waals surface area contributed by atoms with E-state index in [9.17, 15) is 0 Å². The molecule has 0 aromatic heterocycles. The summed E-state index contributed by atoms with van der Waals surface area (Å²) in [7, 11) is 0. The van der Waals surface area contributed by atoms with Crippen LogP contribution in [0.1, 0.15) is 69.1 Å². The lowest BCUT2D eigenvalue weighted by atomic mass is 9.85. The van der Waals surface area contributed by atoms with Gasteiger partial charge in [0.2, 0.25) is 0 Å². The Balaban J connectivity index is 2.92. The Morgan fingerprint density at radius 2 is 1.70 bits per heavy atom. The van der Waals surface area contributed by atoms with E-state index < -0.39 is 0 Å². The lowest BCUT2D eigenvalue weighted by molar-refractivity contribution is 0.317. The SMILES string of the molecule is CCCOc1cc(C)c(C(CC)CCC(C)N)c(C)c1. The van der Waals surface area contributed by atoms with Crippen molar-refractivity contribution < 1.29 is 4.74 Å². The molecule has 0 fully saturated rings. The average molecular weight is 277 g/mol. The van der Waals surface area contributed by atoms with Gasteiger partial charge in [0.15, 0.2) is 0 Å². The van der Waals surface area contributed by atoms with Gasteiger partial charge in [0.1, 0.15) is 5.75 Å². The second-order valence-corrected chi connectivity index (χ2v) is 5.98. The summed E-state index contributed by atoms with van der Waals surface area (Å²) in [5.74, 6) is 1.62. The summed E-state index contributed by atoms with van der Waals surface area (Å²) in [5, 5.41) is 0. The fourth-order valence-electron chi connectivity index (χ4n) is 2.90. The molecule has 0 saturated heterocycles. The first-order valence-electron chi connectivity index (χ1n) is 7.99. The Labute approximate surface area is 124 Å². The van der Waals surface area contributed by atoms with Crippen LogP contribution < -0.4 is 10.5 Å². The average Bonchev–Trinajstić information content (AvgIpc) is 2.39. The largest absolute Gasteiger partial charge is 0.494 e. The molecule has 0 amide bonds. The number of hydrogen-bond acceptors (Lipinski definition) is 2. The van der Waals surface area contributed by atoms with E-state index in [1.54, 1.807) is 0 Å². The van der Waals surface area contributed by atoms with Crippen molar-refractivity contribution >= 4 is 0 Å². The first kappa shape index (κ1) is 17.0. The zero-order valence-electron chi connectivity index (χ0n) is 13.8. The molecule has 2 nitrogen and oxygen atoms in total. The van der Waals surface area contributed by atoms with Gasteiger partial charge in [-0.3, -0.25) is 0 Å². The molecule has 2 N–H and O–H groups in total. The van der Waals surface area contributed by atoms with Crippen LogP contribution in [0.5, 0.6) is 5.75 Å². The molecule has 0 aliphatic carbocycles. The fraction of sp³-hybridized carbons (Fsp3) is 0.667. The summed E-state index contributed by atoms with van der Waals surface area (Å²) in [6.45, 7) is 11.7. The van der Waals surface area contributed by atoms with Gasteiger partial charge in [-0.25, -0.2) is 0 Å². The van der Waals surface area contributed by atoms with Crippen LogP contribution >= 0.6 is 0 Å². The van der Waals surface area contributed by atoms with E-state index in [1.165, 1.54) is 29.5 Å². The van der Waals surface area contributed by atoms with Gasteiger partial charge in [0.05, 0.1) is 6.61 Å². The van der Waals surface area contributed by atoms with E-state index in [4.69, 9.17) is 10.5 Å². The number of rotatable bonds is 8. The normalized spacial score (nSPS) is 14.1. The molecule has 0 aliphatic rings. The summed E-state index contributed by atoms with van der Waals surface area (Å²) in [6, 6.07) is 4.66. The molecule has 0 spiro atoms. The Hall–Kier alpha value is -1.02. The molecule has 20 heavy (non-hydrogen) atoms. The third-order valence-corrected chi connectivity index (χ3v) is 3.91. The van der Waals surface area contributed by atoms with Crippen molar-refractivity contribution in [2.75, 3.05) is 6.61 Å². The molecule has 0 radical (unpaired) electrons. The predicted molar refractivity (Wildman–Crippen MR) is 87.6 cm³/mol. The minimum atomic E-state index is 0.289. The van der Waals surface area contributed by atoms with Crippen LogP contribution in [0.3, 0.4) is 0 Å². The topological polar surface area (TPSA) is 35.2 Å². The smallest absolute Gasteiger partial charge is 0.119 e. The predicted octanol–water partition coefficient (Wildman–Crippen LogP) is 4.71. The third kappa shape index (κ3) is 4.82. The summed E-state index contributed by atoms with van der Waals surface area (Å²) in [6.07, 6.45) is 4.48. The molecule has 114 valence electrons. The maximum Gasteiger partial charge on any atom is 0.119 e. The lowest BCUT2D eigenvalue weighted by Gasteiger charge is -2.22. The highest BCUT2D eigenvalue weighted by atomic mass is 16.5. The van der Waals surface area contributed by atoms with E-state index in [0.717, 1.165) is 25.2 Å². The van der Waals surface area contributed by atoms with Crippen molar-refractivity contribution in [2.45, 2.75) is 72.3 Å². The number of benzene rings is 1. The maximum absolute atomic E-state index is 5.91. The van der Waals surface area contributed by atoms with E-state index in [2.05, 4.69) is 46.8 Å². The fourth-order valence-corrected chi connectivity index (χ4v) is 2.90. The number of aryl methyl sites for hydroxylation is 2. The second kappa shape index (κ2) is 8.31. The van der Waals surface area contributed by atoms with Gasteiger partial charge in [0, 0.05) is 6.04 Å². The highest BCUT2D eigenvalue weighted by Crippen LogP contribution is 2.33. The van der Waals surface area contributed by atoms with Crippen molar-refractivity contribution in [3.63, 3.8) is 0 Å². The van der Waals surface area contributed by atoms with Gasteiger partial charge >= 0.3 is 0 Å². The Morgan fingerprint density at radius 3 is 2.15 bits per heavy atom. The van der Waals surface area contributed by atoms with Gasteiger partial charge in [0.25, 0.3) is 0 Å². The van der Waals surface area contributed by atoms with Gasteiger partial charge < -0.3 is 10.5 Å². The second-order valence-electron chi connectivity index (χ2n) is 5.98. The Morgan fingerprint density at radius 1 is 1.10 bits per heavy atom. The Kier molecular flexibility index (Phi) is 7.08. The molecule has 2 unspecified atom stereocenters. The highest BCUT2D eigenvalue weighted by molar-refractivity contribution is 5.43. The lowest BCUT2D eigenvalue weighted by Crippen LogP contribution is -2.16. The summed E-state index contributed by atoms with van der Waals surface area (Å²) < 4.78 is 5.76. The standard InChI is InChI=1S/C18H31NO/c1-6-10-20-17-11-13(3)18(14(4)12-17)16(7-2)9-8-15(5)19/h11-12,15-16H,6-10,19H2,1-5H3. The van der Waals surface area contributed by atoms with Crippen molar-refractivity contribution in [2.24, 2.45) is 5.73 Å². The molecule has 1 aromatic rings. The molecule has 0 aliphatic heterocycles. The van der Waals surface area contributed by atoms with E-state index in [0.29, 0.717) is 5.92 Å². The zero-order valence-corrected chi connectivity index (χ0v) is 13.8. The minimum absolute atomic E-state index is 0.289.